The minimum absolute atomic E-state index is 0.183. The standard InChI is InChI=1S/C22H22ClN7O.C18H20ClN5O.C15H18ClN3O.2C9H19N.C8H11IN2O.C4H3IN2/c23-20-8-16-10-27-30(17-11-26-29(12-17)22-24-4-1-5-25-22)21(16)9-19(20)15-2-6-28(7-3-15)18-13-31-14-18;19-17-5-13-7-22-24(14-8-20-21-9-14)18(13)6-16(17)12-1-3-23(4-2-12)15-10-25-11-15;16-14-5-11-7-17-18-15(11)6-13(14)10-1-3-19(4-2-10)12-8-20-9-12;2*1-3-8-6-4-5-7-9(8)10-2;9-7-5-10-11(6-7)8-3-1-2-4-12-8;5-4-6-2-1-3-7-4/h1,4-5,8-12,15,18H,2-3,6-7,13-14H2;5-9,12,15H,1-4,10-11H2,(H,20,21);5-7,10,12H,1-4,8-9H2,(H,17,18);2*8-10H,3-7H2,1-2H3;5-6,8H,1-4H2;1-3H/t;;;2*8-,9-;;/m...11../s1. The van der Waals surface area contributed by atoms with E-state index in [1.807, 2.05) is 75.6 Å². The molecule has 2 saturated carbocycles. The third-order valence-electron chi connectivity index (χ3n) is 24.7. The first-order chi connectivity index (χ1) is 56.4. The fourth-order valence-corrected chi connectivity index (χ4v) is 19.3. The summed E-state index contributed by atoms with van der Waals surface area (Å²) in [4.78, 5) is 23.9. The van der Waals surface area contributed by atoms with Gasteiger partial charge in [-0.2, -0.15) is 30.6 Å². The van der Waals surface area contributed by atoms with Crippen LogP contribution in [0.3, 0.4) is 0 Å². The molecule has 9 aliphatic rings. The Morgan fingerprint density at radius 2 is 0.957 bits per heavy atom. The van der Waals surface area contributed by atoms with Crippen molar-refractivity contribution in [3.05, 3.63) is 168 Å². The van der Waals surface area contributed by atoms with E-state index in [2.05, 4.69) is 177 Å². The number of benzene rings is 3. The summed E-state index contributed by atoms with van der Waals surface area (Å²) in [5.41, 5.74) is 8.70. The van der Waals surface area contributed by atoms with Gasteiger partial charge in [-0.1, -0.05) is 87.2 Å². The molecule has 15 heterocycles. The van der Waals surface area contributed by atoms with Crippen molar-refractivity contribution >= 4 is 113 Å². The predicted octanol–water partition coefficient (Wildman–Crippen LogP) is 16.6. The van der Waals surface area contributed by atoms with Crippen LogP contribution in [0.2, 0.25) is 15.1 Å². The van der Waals surface area contributed by atoms with E-state index >= 15 is 0 Å². The lowest BCUT2D eigenvalue weighted by Gasteiger charge is -2.41. The third kappa shape index (κ3) is 22.3. The third-order valence-corrected chi connectivity index (χ3v) is 26.8. The van der Waals surface area contributed by atoms with Gasteiger partial charge in [0.25, 0.3) is 0 Å². The van der Waals surface area contributed by atoms with Gasteiger partial charge >= 0.3 is 0 Å². The van der Waals surface area contributed by atoms with Gasteiger partial charge in [-0.3, -0.25) is 24.9 Å². The maximum absolute atomic E-state index is 6.71. The Balaban J connectivity index is 0.000000117. The van der Waals surface area contributed by atoms with Crippen LogP contribution in [0.5, 0.6) is 0 Å². The molecule has 20 rings (SSSR count). The Bertz CT molecular complexity index is 4670. The van der Waals surface area contributed by atoms with Crippen LogP contribution in [0, 0.1) is 19.2 Å². The molecule has 7 saturated heterocycles. The molecule has 0 amide bonds. The fourth-order valence-electron chi connectivity index (χ4n) is 17.6. The number of rotatable bonds is 14. The average molecular weight is 1850 g/mol. The van der Waals surface area contributed by atoms with Crippen LogP contribution in [0.1, 0.15) is 177 Å². The molecule has 5 atom stereocenters. The zero-order valence-electron chi connectivity index (χ0n) is 66.7. The number of halogens is 5. The summed E-state index contributed by atoms with van der Waals surface area (Å²) in [6, 6.07) is 19.8. The number of hydrogen-bond donors (Lipinski definition) is 4. The van der Waals surface area contributed by atoms with E-state index in [1.54, 1.807) is 54.0 Å². The number of nitrogens with one attached hydrogen (secondary N) is 4. The number of fused-ring (bicyclic) bond motifs is 3. The molecular weight excluding hydrogens is 1740 g/mol. The number of hydrogen-bond acceptors (Lipinski definition) is 19. The monoisotopic (exact) mass is 1850 g/mol. The smallest absolute Gasteiger partial charge is 0.250 e. The Labute approximate surface area is 717 Å². The summed E-state index contributed by atoms with van der Waals surface area (Å²) >= 11 is 24.1. The first kappa shape index (κ1) is 85.3. The van der Waals surface area contributed by atoms with Crippen LogP contribution in [0.15, 0.2) is 129 Å². The first-order valence-corrected chi connectivity index (χ1v) is 45.0. The van der Waals surface area contributed by atoms with Gasteiger partial charge < -0.3 is 29.6 Å². The average Bonchev–Trinajstić information content (AvgIpc) is 1.65. The van der Waals surface area contributed by atoms with E-state index < -0.39 is 0 Å². The van der Waals surface area contributed by atoms with Crippen LogP contribution >= 0.6 is 80.0 Å². The van der Waals surface area contributed by atoms with Gasteiger partial charge in [0.2, 0.25) is 5.95 Å². The Kier molecular flexibility index (Phi) is 31.6. The first-order valence-electron chi connectivity index (χ1n) is 41.7. The number of aromatic amines is 2. The quantitative estimate of drug-likeness (QED) is 0.0583. The molecule has 25 nitrogen and oxygen atoms in total. The zero-order valence-corrected chi connectivity index (χ0v) is 73.3. The van der Waals surface area contributed by atoms with Crippen LogP contribution in [0.4, 0.5) is 0 Å². The van der Waals surface area contributed by atoms with Gasteiger partial charge in [0, 0.05) is 110 Å². The van der Waals surface area contributed by atoms with E-state index in [-0.39, 0.29) is 6.23 Å². The molecule has 0 radical (unpaired) electrons. The molecule has 616 valence electrons. The minimum atomic E-state index is 0.183. The highest BCUT2D eigenvalue weighted by atomic mass is 127. The predicted molar refractivity (Wildman–Crippen MR) is 471 cm³/mol. The van der Waals surface area contributed by atoms with Crippen molar-refractivity contribution in [2.24, 2.45) is 11.8 Å². The second-order valence-electron chi connectivity index (χ2n) is 31.6. The molecule has 30 heteroatoms. The molecule has 3 aromatic carbocycles. The number of piperidine rings is 3. The summed E-state index contributed by atoms with van der Waals surface area (Å²) in [5, 5.41) is 44.2. The molecule has 1 unspecified atom stereocenters. The summed E-state index contributed by atoms with van der Waals surface area (Å²) in [5.74, 6) is 3.96. The summed E-state index contributed by atoms with van der Waals surface area (Å²) in [7, 11) is 4.19. The summed E-state index contributed by atoms with van der Waals surface area (Å²) in [6.07, 6.45) is 48.3. The zero-order chi connectivity index (χ0) is 79.4. The van der Waals surface area contributed by atoms with Crippen LogP contribution < -0.4 is 10.6 Å². The van der Waals surface area contributed by atoms with Crippen molar-refractivity contribution in [2.45, 2.75) is 190 Å². The molecule has 8 aromatic heterocycles. The summed E-state index contributed by atoms with van der Waals surface area (Å²) < 4.78 is 30.9. The van der Waals surface area contributed by atoms with Crippen molar-refractivity contribution in [2.75, 3.05) is 99.6 Å². The Morgan fingerprint density at radius 3 is 1.37 bits per heavy atom. The van der Waals surface area contributed by atoms with Gasteiger partial charge in [0.15, 0.2) is 3.83 Å². The number of H-pyrrole nitrogens is 2. The summed E-state index contributed by atoms with van der Waals surface area (Å²) in [6.45, 7) is 17.6. The second kappa shape index (κ2) is 42.7. The highest BCUT2D eigenvalue weighted by Gasteiger charge is 2.35. The van der Waals surface area contributed by atoms with Crippen LogP contribution in [0.25, 0.3) is 50.0 Å². The molecule has 9 fully saturated rings. The van der Waals surface area contributed by atoms with Gasteiger partial charge in [-0.15, -0.1) is 0 Å². The molecule has 0 bridgehead atoms. The lowest BCUT2D eigenvalue weighted by Crippen LogP contribution is -2.51. The lowest BCUT2D eigenvalue weighted by molar-refractivity contribution is -0.0712. The fraction of sp³-hybridized carbons (Fsp3) is 0.553. The minimum Gasteiger partial charge on any atom is -0.378 e. The number of nitrogens with zero attached hydrogens (tertiary/aromatic N) is 17. The van der Waals surface area contributed by atoms with E-state index in [0.717, 1.165) is 205 Å². The molecule has 2 aliphatic carbocycles. The largest absolute Gasteiger partial charge is 0.378 e. The van der Waals surface area contributed by atoms with Crippen molar-refractivity contribution in [3.63, 3.8) is 0 Å². The highest BCUT2D eigenvalue weighted by molar-refractivity contribution is 14.1. The molecule has 4 N–H and O–H groups in total. The topological polar surface area (TPSA) is 251 Å². The van der Waals surface area contributed by atoms with Gasteiger partial charge in [0.05, 0.1) is 121 Å². The van der Waals surface area contributed by atoms with Crippen molar-refractivity contribution in [1.82, 2.24) is 105 Å². The van der Waals surface area contributed by atoms with E-state index in [4.69, 9.17) is 53.8 Å². The van der Waals surface area contributed by atoms with Crippen molar-refractivity contribution < 1.29 is 18.9 Å². The lowest BCUT2D eigenvalue weighted by atomic mass is 9.83. The second-order valence-corrected chi connectivity index (χ2v) is 35.1. The molecule has 11 aromatic rings. The number of likely N-dealkylation sites (tertiary alicyclic amines) is 3. The normalized spacial score (nSPS) is 22.3. The van der Waals surface area contributed by atoms with Crippen molar-refractivity contribution in [3.8, 4) is 17.3 Å². The van der Waals surface area contributed by atoms with Gasteiger partial charge in [-0.05, 0) is 254 Å². The van der Waals surface area contributed by atoms with Gasteiger partial charge in [0.1, 0.15) is 17.6 Å². The van der Waals surface area contributed by atoms with Gasteiger partial charge in [-0.25, -0.2) is 38.7 Å². The Hall–Kier alpha value is -6.17. The van der Waals surface area contributed by atoms with E-state index in [9.17, 15) is 0 Å². The molecule has 7 aliphatic heterocycles. The maximum Gasteiger partial charge on any atom is 0.250 e. The molecular formula is C85H112Cl3I2N21O4. The van der Waals surface area contributed by atoms with E-state index in [0.29, 0.717) is 41.8 Å². The van der Waals surface area contributed by atoms with E-state index in [1.165, 1.54) is 110 Å². The van der Waals surface area contributed by atoms with Crippen LogP contribution in [-0.2, 0) is 18.9 Å². The molecule has 0 spiro atoms. The van der Waals surface area contributed by atoms with Crippen molar-refractivity contribution in [1.29, 1.82) is 0 Å². The van der Waals surface area contributed by atoms with Crippen LogP contribution in [-0.4, -0.2) is 224 Å². The molecule has 115 heavy (non-hydrogen) atoms. The maximum atomic E-state index is 6.71. The number of ether oxygens (including phenoxy) is 4. The Morgan fingerprint density at radius 1 is 0.478 bits per heavy atom. The number of aromatic nitrogens is 16. The SMILES string of the molecule is CC[C@@H]1CCCC[C@H]1NC.CC[C@@H]1CCCC[C@H]1NC.Clc1cc2cn[nH]c2cc1C1CCN(C2COC2)CC1.Clc1cc2cnn(-c3cn[nH]c3)c2cc1C1CCN(C2COC2)CC1.Clc1cc2cnn(-c3cnn(-c4ncccn4)c3)c2cc1C1CCN(C2COC2)CC1.Ic1cnn(C2CCCCO2)c1.Ic1ncccn1. The highest BCUT2D eigenvalue weighted by Crippen LogP contribution is 2.41.